The average molecular weight is 401 g/mol. The molecule has 1 fully saturated rings. The van der Waals surface area contributed by atoms with E-state index in [9.17, 15) is 22.8 Å². The number of nitrogens with zero attached hydrogens (tertiary/aromatic N) is 2. The number of alkyl halides is 3. The van der Waals surface area contributed by atoms with Crippen LogP contribution >= 0.6 is 11.3 Å². The molecule has 1 saturated heterocycles. The Morgan fingerprint density at radius 3 is 2.70 bits per heavy atom. The van der Waals surface area contributed by atoms with Crippen molar-refractivity contribution in [3.05, 3.63) is 23.2 Å². The van der Waals surface area contributed by atoms with Crippen LogP contribution in [0.25, 0.3) is 10.2 Å². The SMILES string of the molecule is Cc1nc2ccc(NC(=O)C3CCN(C(=O)OCC(F)(F)F)CC3)cc2s1. The van der Waals surface area contributed by atoms with Crippen LogP contribution in [0.5, 0.6) is 0 Å². The first-order valence-corrected chi connectivity index (χ1v) is 9.19. The number of aryl methyl sites for hydroxylation is 1. The fourth-order valence-corrected chi connectivity index (χ4v) is 3.79. The van der Waals surface area contributed by atoms with E-state index in [1.807, 2.05) is 19.1 Å². The van der Waals surface area contributed by atoms with Crippen molar-refractivity contribution in [3.8, 4) is 0 Å². The fraction of sp³-hybridized carbons (Fsp3) is 0.471. The Morgan fingerprint density at radius 1 is 1.33 bits per heavy atom. The predicted octanol–water partition coefficient (Wildman–Crippen LogP) is 3.95. The zero-order valence-electron chi connectivity index (χ0n) is 14.5. The molecule has 0 spiro atoms. The van der Waals surface area contributed by atoms with Crippen LogP contribution in [0.1, 0.15) is 17.8 Å². The van der Waals surface area contributed by atoms with E-state index in [-0.39, 0.29) is 24.9 Å². The van der Waals surface area contributed by atoms with Gasteiger partial charge in [-0.15, -0.1) is 11.3 Å². The summed E-state index contributed by atoms with van der Waals surface area (Å²) >= 11 is 1.54. The molecule has 0 bridgehead atoms. The van der Waals surface area contributed by atoms with Gasteiger partial charge >= 0.3 is 12.3 Å². The molecule has 1 aromatic heterocycles. The minimum Gasteiger partial charge on any atom is -0.440 e. The number of piperidine rings is 1. The Bertz CT molecular complexity index is 845. The largest absolute Gasteiger partial charge is 0.440 e. The number of ether oxygens (including phenoxy) is 1. The summed E-state index contributed by atoms with van der Waals surface area (Å²) in [5.74, 6) is -0.477. The zero-order valence-corrected chi connectivity index (χ0v) is 15.3. The van der Waals surface area contributed by atoms with Crippen LogP contribution in [0.4, 0.5) is 23.7 Å². The lowest BCUT2D eigenvalue weighted by atomic mass is 9.96. The predicted molar refractivity (Wildman–Crippen MR) is 94.7 cm³/mol. The molecule has 1 N–H and O–H groups in total. The second-order valence-electron chi connectivity index (χ2n) is 6.34. The van der Waals surface area contributed by atoms with E-state index in [4.69, 9.17) is 0 Å². The Labute approximate surface area is 157 Å². The smallest absolute Gasteiger partial charge is 0.422 e. The van der Waals surface area contributed by atoms with Crippen LogP contribution in [0, 0.1) is 12.8 Å². The molecule has 27 heavy (non-hydrogen) atoms. The Balaban J connectivity index is 1.51. The lowest BCUT2D eigenvalue weighted by Gasteiger charge is -2.30. The highest BCUT2D eigenvalue weighted by molar-refractivity contribution is 7.18. The molecule has 10 heteroatoms. The van der Waals surface area contributed by atoms with Gasteiger partial charge in [0, 0.05) is 24.7 Å². The monoisotopic (exact) mass is 401 g/mol. The molecule has 0 saturated carbocycles. The minimum atomic E-state index is -4.55. The molecule has 2 aromatic rings. The highest BCUT2D eigenvalue weighted by Crippen LogP contribution is 2.26. The molecule has 3 rings (SSSR count). The number of halogens is 3. The number of thiazole rings is 1. The summed E-state index contributed by atoms with van der Waals surface area (Å²) in [7, 11) is 0. The van der Waals surface area contributed by atoms with E-state index < -0.39 is 18.9 Å². The van der Waals surface area contributed by atoms with Gasteiger partial charge < -0.3 is 15.0 Å². The maximum atomic E-state index is 12.4. The van der Waals surface area contributed by atoms with Crippen LogP contribution in [0.15, 0.2) is 18.2 Å². The van der Waals surface area contributed by atoms with Gasteiger partial charge in [0.15, 0.2) is 6.61 Å². The van der Waals surface area contributed by atoms with Gasteiger partial charge in [-0.1, -0.05) is 0 Å². The molecule has 1 aliphatic rings. The number of fused-ring (bicyclic) bond motifs is 1. The van der Waals surface area contributed by atoms with Gasteiger partial charge in [0.2, 0.25) is 5.91 Å². The van der Waals surface area contributed by atoms with Crippen molar-refractivity contribution in [2.24, 2.45) is 5.92 Å². The third-order valence-corrected chi connectivity index (χ3v) is 5.18. The van der Waals surface area contributed by atoms with E-state index in [1.54, 1.807) is 6.07 Å². The first-order chi connectivity index (χ1) is 12.7. The molecule has 0 radical (unpaired) electrons. The van der Waals surface area contributed by atoms with Crippen LogP contribution in [0.3, 0.4) is 0 Å². The number of aromatic nitrogens is 1. The molecular formula is C17H18F3N3O3S. The van der Waals surface area contributed by atoms with Crippen molar-refractivity contribution in [2.45, 2.75) is 25.9 Å². The number of likely N-dealkylation sites (tertiary alicyclic amines) is 1. The Hall–Kier alpha value is -2.36. The maximum Gasteiger partial charge on any atom is 0.422 e. The van der Waals surface area contributed by atoms with Gasteiger partial charge in [-0.2, -0.15) is 13.2 Å². The van der Waals surface area contributed by atoms with Gasteiger partial charge in [-0.3, -0.25) is 4.79 Å². The third-order valence-electron chi connectivity index (χ3n) is 4.25. The fourth-order valence-electron chi connectivity index (χ4n) is 2.92. The number of anilines is 1. The summed E-state index contributed by atoms with van der Waals surface area (Å²) < 4.78 is 41.5. The van der Waals surface area contributed by atoms with Crippen LogP contribution in [0.2, 0.25) is 0 Å². The van der Waals surface area contributed by atoms with E-state index >= 15 is 0 Å². The van der Waals surface area contributed by atoms with E-state index in [0.717, 1.165) is 15.2 Å². The number of hydrogen-bond donors (Lipinski definition) is 1. The number of carbonyl (C=O) groups excluding carboxylic acids is 2. The van der Waals surface area contributed by atoms with Gasteiger partial charge in [-0.25, -0.2) is 9.78 Å². The summed E-state index contributed by atoms with van der Waals surface area (Å²) in [5, 5.41) is 3.80. The standard InChI is InChI=1S/C17H18F3N3O3S/c1-10-21-13-3-2-12(8-14(13)27-10)22-15(24)11-4-6-23(7-5-11)16(25)26-9-17(18,19)20/h2-3,8,11H,4-7,9H2,1H3,(H,22,24). The van der Waals surface area contributed by atoms with Crippen molar-refractivity contribution in [3.63, 3.8) is 0 Å². The van der Waals surface area contributed by atoms with Crippen molar-refractivity contribution >= 4 is 39.2 Å². The third kappa shape index (κ3) is 5.09. The quantitative estimate of drug-likeness (QED) is 0.845. The molecule has 1 aromatic carbocycles. The number of carbonyl (C=O) groups is 2. The number of hydrogen-bond acceptors (Lipinski definition) is 5. The second kappa shape index (κ2) is 7.71. The highest BCUT2D eigenvalue weighted by Gasteiger charge is 2.33. The molecule has 0 atom stereocenters. The molecule has 2 amide bonds. The summed E-state index contributed by atoms with van der Waals surface area (Å²) in [6, 6.07) is 5.48. The zero-order chi connectivity index (χ0) is 19.6. The normalized spacial score (nSPS) is 15.8. The summed E-state index contributed by atoms with van der Waals surface area (Å²) in [6.45, 7) is 0.673. The lowest BCUT2D eigenvalue weighted by Crippen LogP contribution is -2.42. The van der Waals surface area contributed by atoms with Gasteiger partial charge in [0.1, 0.15) is 0 Å². The van der Waals surface area contributed by atoms with Crippen LogP contribution in [-0.4, -0.2) is 47.8 Å². The summed E-state index contributed by atoms with van der Waals surface area (Å²) in [5.41, 5.74) is 1.55. The second-order valence-corrected chi connectivity index (χ2v) is 7.57. The summed E-state index contributed by atoms with van der Waals surface area (Å²) in [4.78, 5) is 29.6. The van der Waals surface area contributed by atoms with Gasteiger partial charge in [0.25, 0.3) is 0 Å². The van der Waals surface area contributed by atoms with Gasteiger partial charge in [0.05, 0.1) is 15.2 Å². The Kier molecular flexibility index (Phi) is 5.54. The van der Waals surface area contributed by atoms with Crippen molar-refractivity contribution in [2.75, 3.05) is 25.0 Å². The van der Waals surface area contributed by atoms with Crippen LogP contribution < -0.4 is 5.32 Å². The first-order valence-electron chi connectivity index (χ1n) is 8.38. The molecule has 1 aliphatic heterocycles. The molecular weight excluding hydrogens is 383 g/mol. The number of rotatable bonds is 3. The molecule has 0 unspecified atom stereocenters. The highest BCUT2D eigenvalue weighted by atomic mass is 32.1. The number of amides is 2. The summed E-state index contributed by atoms with van der Waals surface area (Å²) in [6.07, 6.45) is -4.81. The molecule has 0 aliphatic carbocycles. The molecule has 6 nitrogen and oxygen atoms in total. The lowest BCUT2D eigenvalue weighted by molar-refractivity contribution is -0.162. The maximum absolute atomic E-state index is 12.4. The van der Waals surface area contributed by atoms with E-state index in [2.05, 4.69) is 15.0 Å². The van der Waals surface area contributed by atoms with Crippen molar-refractivity contribution in [1.82, 2.24) is 9.88 Å². The van der Waals surface area contributed by atoms with Crippen molar-refractivity contribution in [1.29, 1.82) is 0 Å². The number of nitrogens with one attached hydrogen (secondary N) is 1. The average Bonchev–Trinajstić information content (AvgIpc) is 2.98. The first kappa shape index (κ1) is 19.4. The topological polar surface area (TPSA) is 71.5 Å². The van der Waals surface area contributed by atoms with E-state index in [1.165, 1.54) is 16.2 Å². The minimum absolute atomic E-state index is 0.168. The molecule has 2 heterocycles. The number of benzene rings is 1. The van der Waals surface area contributed by atoms with E-state index in [0.29, 0.717) is 18.5 Å². The van der Waals surface area contributed by atoms with Crippen LogP contribution in [-0.2, 0) is 9.53 Å². The Morgan fingerprint density at radius 2 is 2.04 bits per heavy atom. The molecule has 146 valence electrons. The van der Waals surface area contributed by atoms with Gasteiger partial charge in [-0.05, 0) is 38.0 Å². The van der Waals surface area contributed by atoms with Crippen molar-refractivity contribution < 1.29 is 27.5 Å².